The summed E-state index contributed by atoms with van der Waals surface area (Å²) in [6, 6.07) is 0. The third-order valence-electron chi connectivity index (χ3n) is 3.45. The minimum Gasteiger partial charge on any atom is -0.480 e. The van der Waals surface area contributed by atoms with Crippen molar-refractivity contribution in [3.8, 4) is 0 Å². The number of carboxylic acid groups (broad SMARTS) is 1. The van der Waals surface area contributed by atoms with Crippen molar-refractivity contribution < 1.29 is 27.5 Å². The Morgan fingerprint density at radius 3 is 2.78 bits per heavy atom. The monoisotopic (exact) mass is 264 g/mol. The topological polar surface area (TPSA) is 55.1 Å². The molecule has 1 fully saturated rings. The summed E-state index contributed by atoms with van der Waals surface area (Å²) in [7, 11) is 0. The number of rotatable bonds is 3. The Kier molecular flexibility index (Phi) is 2.07. The van der Waals surface area contributed by atoms with Gasteiger partial charge in [-0.3, -0.25) is 9.48 Å². The highest BCUT2D eigenvalue weighted by Gasteiger charge is 2.67. The van der Waals surface area contributed by atoms with Gasteiger partial charge in [0.1, 0.15) is 17.9 Å². The van der Waals surface area contributed by atoms with E-state index in [9.17, 15) is 22.4 Å². The van der Waals surface area contributed by atoms with Crippen molar-refractivity contribution in [3.05, 3.63) is 17.0 Å². The number of aliphatic carboxylic acids is 1. The van der Waals surface area contributed by atoms with Gasteiger partial charge in [0.25, 0.3) is 12.3 Å². The normalized spacial score (nSPS) is 27.2. The van der Waals surface area contributed by atoms with Crippen molar-refractivity contribution in [2.45, 2.75) is 31.2 Å². The molecular formula is C10H8F4N2O2. The van der Waals surface area contributed by atoms with Crippen LogP contribution in [0.1, 0.15) is 35.7 Å². The number of fused-ring (bicyclic) bond motifs is 3. The van der Waals surface area contributed by atoms with Crippen LogP contribution < -0.4 is 0 Å². The summed E-state index contributed by atoms with van der Waals surface area (Å²) in [5.41, 5.74) is -1.47. The van der Waals surface area contributed by atoms with E-state index in [1.54, 1.807) is 0 Å². The van der Waals surface area contributed by atoms with E-state index in [2.05, 4.69) is 5.10 Å². The lowest BCUT2D eigenvalue weighted by Gasteiger charge is -2.14. The average molecular weight is 264 g/mol. The number of aromatic nitrogens is 2. The molecule has 2 aliphatic rings. The zero-order valence-electron chi connectivity index (χ0n) is 8.91. The van der Waals surface area contributed by atoms with Gasteiger partial charge in [-0.2, -0.15) is 13.9 Å². The molecule has 0 aromatic carbocycles. The van der Waals surface area contributed by atoms with E-state index in [1.807, 2.05) is 0 Å². The molecule has 3 rings (SSSR count). The van der Waals surface area contributed by atoms with E-state index in [1.165, 1.54) is 0 Å². The maximum Gasteiger partial charge on any atom is 0.325 e. The molecular weight excluding hydrogens is 256 g/mol. The number of hydrogen-bond donors (Lipinski definition) is 1. The highest BCUT2D eigenvalue weighted by Crippen LogP contribution is 2.68. The van der Waals surface area contributed by atoms with Crippen molar-refractivity contribution >= 4 is 5.97 Å². The zero-order valence-corrected chi connectivity index (χ0v) is 8.91. The smallest absolute Gasteiger partial charge is 0.325 e. The molecule has 0 unspecified atom stereocenters. The number of hydrogen-bond acceptors (Lipinski definition) is 2. The maximum atomic E-state index is 13.9. The second-order valence-corrected chi connectivity index (χ2v) is 4.57. The van der Waals surface area contributed by atoms with Gasteiger partial charge < -0.3 is 5.11 Å². The van der Waals surface area contributed by atoms with Gasteiger partial charge in [0.05, 0.1) is 0 Å². The first kappa shape index (κ1) is 11.5. The van der Waals surface area contributed by atoms with E-state index in [0.29, 0.717) is 4.68 Å². The molecule has 8 heteroatoms. The Hall–Kier alpha value is -1.60. The highest BCUT2D eigenvalue weighted by molar-refractivity contribution is 5.67. The summed E-state index contributed by atoms with van der Waals surface area (Å²) in [6.07, 6.45) is -2.80. The fourth-order valence-electron chi connectivity index (χ4n) is 2.71. The Labute approximate surface area is 98.2 Å². The largest absolute Gasteiger partial charge is 0.480 e. The van der Waals surface area contributed by atoms with Crippen LogP contribution in [0, 0.1) is 5.92 Å². The van der Waals surface area contributed by atoms with Gasteiger partial charge >= 0.3 is 5.97 Å². The molecule has 2 aliphatic carbocycles. The summed E-state index contributed by atoms with van der Waals surface area (Å²) in [4.78, 5) is 10.6. The molecule has 0 bridgehead atoms. The first-order valence-electron chi connectivity index (χ1n) is 5.32. The van der Waals surface area contributed by atoms with E-state index in [0.717, 1.165) is 0 Å². The molecule has 1 N–H and O–H groups in total. The second-order valence-electron chi connectivity index (χ2n) is 4.57. The van der Waals surface area contributed by atoms with Crippen molar-refractivity contribution in [1.29, 1.82) is 0 Å². The fourth-order valence-corrected chi connectivity index (χ4v) is 2.71. The highest BCUT2D eigenvalue weighted by atomic mass is 19.3. The molecule has 1 saturated carbocycles. The van der Waals surface area contributed by atoms with E-state index < -0.39 is 48.1 Å². The minimum absolute atomic E-state index is 0.138. The summed E-state index contributed by atoms with van der Waals surface area (Å²) >= 11 is 0. The summed E-state index contributed by atoms with van der Waals surface area (Å²) < 4.78 is 53.7. The van der Waals surface area contributed by atoms with Crippen molar-refractivity contribution in [2.24, 2.45) is 5.92 Å². The van der Waals surface area contributed by atoms with Crippen LogP contribution in [0.25, 0.3) is 0 Å². The molecule has 2 atom stereocenters. The maximum absolute atomic E-state index is 13.9. The third kappa shape index (κ3) is 1.31. The van der Waals surface area contributed by atoms with Crippen LogP contribution in [0.5, 0.6) is 0 Å². The van der Waals surface area contributed by atoms with Crippen molar-refractivity contribution in [2.75, 3.05) is 0 Å². The summed E-state index contributed by atoms with van der Waals surface area (Å²) in [5.74, 6) is -6.21. The fraction of sp³-hybridized carbons (Fsp3) is 0.600. The minimum atomic E-state index is -3.25. The van der Waals surface area contributed by atoms with Gasteiger partial charge in [-0.05, 0) is 12.3 Å². The Morgan fingerprint density at radius 1 is 1.56 bits per heavy atom. The van der Waals surface area contributed by atoms with Gasteiger partial charge in [0.15, 0.2) is 0 Å². The Morgan fingerprint density at radius 2 is 2.22 bits per heavy atom. The SMILES string of the molecule is O=C(O)Cn1nc(C(F)F)c2c1C(F)(F)[C@H]1C[C@@H]21. The van der Waals surface area contributed by atoms with E-state index in [-0.39, 0.29) is 12.0 Å². The van der Waals surface area contributed by atoms with E-state index in [4.69, 9.17) is 5.11 Å². The molecule has 1 aromatic heterocycles. The van der Waals surface area contributed by atoms with Crippen LogP contribution >= 0.6 is 0 Å². The molecule has 0 saturated heterocycles. The van der Waals surface area contributed by atoms with Crippen molar-refractivity contribution in [3.63, 3.8) is 0 Å². The lowest BCUT2D eigenvalue weighted by atomic mass is 10.1. The first-order chi connectivity index (χ1) is 8.34. The lowest BCUT2D eigenvalue weighted by molar-refractivity contribution is -0.138. The van der Waals surface area contributed by atoms with Gasteiger partial charge in [0.2, 0.25) is 0 Å². The number of carboxylic acids is 1. The predicted octanol–water partition coefficient (Wildman–Crippen LogP) is 2.11. The van der Waals surface area contributed by atoms with Gasteiger partial charge in [-0.1, -0.05) is 0 Å². The Bertz CT molecular complexity index is 540. The summed E-state index contributed by atoms with van der Waals surface area (Å²) in [6.45, 7) is -0.829. The average Bonchev–Trinajstić information content (AvgIpc) is 2.88. The predicted molar refractivity (Wildman–Crippen MR) is 49.6 cm³/mol. The summed E-state index contributed by atoms with van der Waals surface area (Å²) in [5, 5.41) is 12.0. The van der Waals surface area contributed by atoms with Gasteiger partial charge in [0, 0.05) is 11.5 Å². The molecule has 0 radical (unpaired) electrons. The van der Waals surface area contributed by atoms with Crippen LogP contribution in [0.4, 0.5) is 17.6 Å². The van der Waals surface area contributed by atoms with Crippen LogP contribution in [0.3, 0.4) is 0 Å². The van der Waals surface area contributed by atoms with Crippen molar-refractivity contribution in [1.82, 2.24) is 9.78 Å². The molecule has 0 aliphatic heterocycles. The second kappa shape index (κ2) is 3.24. The molecule has 0 amide bonds. The van der Waals surface area contributed by atoms with Crippen LogP contribution in [-0.2, 0) is 17.3 Å². The molecule has 1 heterocycles. The van der Waals surface area contributed by atoms with Crippen LogP contribution in [0.2, 0.25) is 0 Å². The quantitative estimate of drug-likeness (QED) is 0.851. The molecule has 1 aromatic rings. The number of halogens is 4. The first-order valence-corrected chi connectivity index (χ1v) is 5.32. The molecule has 98 valence electrons. The Balaban J connectivity index is 2.16. The van der Waals surface area contributed by atoms with Gasteiger partial charge in [-0.25, -0.2) is 8.78 Å². The molecule has 18 heavy (non-hydrogen) atoms. The lowest BCUT2D eigenvalue weighted by Crippen LogP contribution is -2.22. The van der Waals surface area contributed by atoms with Gasteiger partial charge in [-0.15, -0.1) is 0 Å². The standard InChI is InChI=1S/C10H8F4N2O2/c11-9(12)7-6-3-1-4(3)10(13,14)8(6)16(15-7)2-5(17)18/h3-4,9H,1-2H2,(H,17,18)/t3-,4+/m1/s1. The molecule has 4 nitrogen and oxygen atoms in total. The number of nitrogens with zero attached hydrogens (tertiary/aromatic N) is 2. The molecule has 0 spiro atoms. The number of carbonyl (C=O) groups is 1. The zero-order chi connectivity index (χ0) is 13.2. The number of alkyl halides is 4. The van der Waals surface area contributed by atoms with Crippen LogP contribution in [-0.4, -0.2) is 20.9 Å². The van der Waals surface area contributed by atoms with E-state index >= 15 is 0 Å². The third-order valence-corrected chi connectivity index (χ3v) is 3.45. The van der Waals surface area contributed by atoms with Crippen LogP contribution in [0.15, 0.2) is 0 Å².